The minimum Gasteiger partial charge on any atom is -0.219 e. The van der Waals surface area contributed by atoms with Gasteiger partial charge in [0.15, 0.2) is 0 Å². The molecule has 128 valence electrons. The van der Waals surface area contributed by atoms with Crippen molar-refractivity contribution in [1.82, 2.24) is 0 Å². The third-order valence-electron chi connectivity index (χ3n) is 3.51. The first-order valence-corrected chi connectivity index (χ1v) is 10.1. The number of sulfone groups is 2. The van der Waals surface area contributed by atoms with E-state index < -0.39 is 30.4 Å². The van der Waals surface area contributed by atoms with Crippen LogP contribution >= 0.6 is 0 Å². The lowest BCUT2D eigenvalue weighted by Crippen LogP contribution is -2.42. The van der Waals surface area contributed by atoms with Gasteiger partial charge in [0.1, 0.15) is 0 Å². The van der Waals surface area contributed by atoms with Gasteiger partial charge in [-0.15, -0.1) is 0 Å². The molecule has 24 heavy (non-hydrogen) atoms. The maximum Gasteiger partial charge on any atom is 0.321 e. The molecule has 0 spiro atoms. The van der Waals surface area contributed by atoms with Gasteiger partial charge in [-0.25, -0.2) is 21.2 Å². The highest BCUT2D eigenvalue weighted by molar-refractivity contribution is 8.10. The van der Waals surface area contributed by atoms with Crippen LogP contribution in [0.15, 0.2) is 82.6 Å². The van der Waals surface area contributed by atoms with Gasteiger partial charge in [-0.3, -0.25) is 0 Å². The van der Waals surface area contributed by atoms with Crippen molar-refractivity contribution in [3.8, 4) is 0 Å². The summed E-state index contributed by atoms with van der Waals surface area (Å²) in [4.78, 5) is -0.756. The van der Waals surface area contributed by atoms with Crippen molar-refractivity contribution in [3.63, 3.8) is 0 Å². The molecule has 2 aromatic carbocycles. The molecule has 0 bridgehead atoms. The molecule has 0 saturated heterocycles. The first-order chi connectivity index (χ1) is 11.3. The summed E-state index contributed by atoms with van der Waals surface area (Å²) < 4.78 is 63.4. The second-order valence-corrected chi connectivity index (χ2v) is 9.58. The molecule has 2 aromatic rings. The van der Waals surface area contributed by atoms with E-state index in [-0.39, 0.29) is 9.79 Å². The van der Waals surface area contributed by atoms with Crippen LogP contribution in [0.5, 0.6) is 0 Å². The van der Waals surface area contributed by atoms with Crippen LogP contribution in [0.1, 0.15) is 13.3 Å². The maximum atomic E-state index is 15.7. The molecule has 0 aliphatic rings. The lowest BCUT2D eigenvalue weighted by molar-refractivity contribution is 0.358. The molecule has 0 atom stereocenters. The predicted octanol–water partition coefficient (Wildman–Crippen LogP) is 3.52. The minimum absolute atomic E-state index is 0.378. The van der Waals surface area contributed by atoms with Gasteiger partial charge in [0, 0.05) is 6.42 Å². The van der Waals surface area contributed by atoms with E-state index in [1.54, 1.807) is 19.1 Å². The van der Waals surface area contributed by atoms with E-state index >= 15 is 4.39 Å². The van der Waals surface area contributed by atoms with Crippen LogP contribution in [-0.4, -0.2) is 21.2 Å². The zero-order chi connectivity index (χ0) is 17.8. The average molecular weight is 368 g/mol. The number of hydrogen-bond donors (Lipinski definition) is 0. The Morgan fingerprint density at radius 3 is 1.54 bits per heavy atom. The van der Waals surface area contributed by atoms with Crippen LogP contribution in [0, 0.1) is 0 Å². The first-order valence-electron chi connectivity index (χ1n) is 7.17. The SMILES string of the molecule is C/C=C/CC(F)(S(=O)(=O)c1ccccc1)S(=O)(=O)c1ccccc1. The van der Waals surface area contributed by atoms with Gasteiger partial charge in [-0.2, -0.15) is 0 Å². The number of alkyl halides is 1. The van der Waals surface area contributed by atoms with E-state index in [9.17, 15) is 16.8 Å². The molecule has 0 aliphatic heterocycles. The Bertz CT molecular complexity index is 850. The molecule has 0 aliphatic carbocycles. The lowest BCUT2D eigenvalue weighted by atomic mass is 10.4. The first kappa shape index (κ1) is 18.4. The second kappa shape index (κ2) is 6.86. The summed E-state index contributed by atoms with van der Waals surface area (Å²) in [6, 6.07) is 13.5. The summed E-state index contributed by atoms with van der Waals surface area (Å²) in [7, 11) is -9.57. The zero-order valence-electron chi connectivity index (χ0n) is 13.0. The van der Waals surface area contributed by atoms with E-state index in [0.717, 1.165) is 0 Å². The predicted molar refractivity (Wildman–Crippen MR) is 90.5 cm³/mol. The fraction of sp³-hybridized carbons (Fsp3) is 0.176. The van der Waals surface area contributed by atoms with Gasteiger partial charge in [0.25, 0.3) is 0 Å². The summed E-state index contributed by atoms with van der Waals surface area (Å²) >= 11 is 0. The van der Waals surface area contributed by atoms with Crippen LogP contribution in [-0.2, 0) is 19.7 Å². The highest BCUT2D eigenvalue weighted by Crippen LogP contribution is 2.39. The number of allylic oxidation sites excluding steroid dienone is 2. The van der Waals surface area contributed by atoms with Gasteiger partial charge in [-0.1, -0.05) is 48.6 Å². The fourth-order valence-corrected chi connectivity index (χ4v) is 6.27. The largest absolute Gasteiger partial charge is 0.321 e. The molecular formula is C17H17FO4S2. The van der Waals surface area contributed by atoms with Crippen LogP contribution < -0.4 is 0 Å². The molecule has 2 rings (SSSR count). The Labute approximate surface area is 141 Å². The zero-order valence-corrected chi connectivity index (χ0v) is 14.6. The third kappa shape index (κ3) is 3.01. The quantitative estimate of drug-likeness (QED) is 0.732. The molecule has 4 nitrogen and oxygen atoms in total. The maximum absolute atomic E-state index is 15.7. The van der Waals surface area contributed by atoms with E-state index in [1.165, 1.54) is 60.7 Å². The Balaban J connectivity index is 2.72. The average Bonchev–Trinajstić information content (AvgIpc) is 2.60. The third-order valence-corrected chi connectivity index (χ3v) is 8.55. The molecular weight excluding hydrogens is 351 g/mol. The van der Waals surface area contributed by atoms with Crippen molar-refractivity contribution in [2.75, 3.05) is 0 Å². The number of rotatable bonds is 6. The van der Waals surface area contributed by atoms with E-state index in [0.29, 0.717) is 0 Å². The van der Waals surface area contributed by atoms with Gasteiger partial charge in [0.2, 0.25) is 19.7 Å². The molecule has 0 N–H and O–H groups in total. The van der Waals surface area contributed by atoms with E-state index in [1.807, 2.05) is 0 Å². The fourth-order valence-electron chi connectivity index (χ4n) is 2.17. The summed E-state index contributed by atoms with van der Waals surface area (Å²) in [5.74, 6) is 0. The molecule has 0 amide bonds. The van der Waals surface area contributed by atoms with Crippen molar-refractivity contribution < 1.29 is 21.2 Å². The molecule has 0 saturated carbocycles. The Hall–Kier alpha value is -1.99. The number of halogens is 1. The lowest BCUT2D eigenvalue weighted by Gasteiger charge is -2.24. The smallest absolute Gasteiger partial charge is 0.219 e. The molecule has 0 heterocycles. The highest BCUT2D eigenvalue weighted by Gasteiger charge is 2.56. The van der Waals surface area contributed by atoms with Crippen molar-refractivity contribution in [1.29, 1.82) is 0 Å². The monoisotopic (exact) mass is 368 g/mol. The second-order valence-electron chi connectivity index (χ2n) is 5.07. The van der Waals surface area contributed by atoms with Crippen molar-refractivity contribution in [3.05, 3.63) is 72.8 Å². The molecule has 7 heteroatoms. The van der Waals surface area contributed by atoms with Gasteiger partial charge in [0.05, 0.1) is 9.79 Å². The Morgan fingerprint density at radius 2 is 1.21 bits per heavy atom. The molecule has 0 fully saturated rings. The highest BCUT2D eigenvalue weighted by atomic mass is 32.3. The summed E-state index contributed by atoms with van der Waals surface area (Å²) in [5, 5.41) is 0. The van der Waals surface area contributed by atoms with Crippen LogP contribution in [0.2, 0.25) is 0 Å². The van der Waals surface area contributed by atoms with Crippen molar-refractivity contribution in [2.45, 2.75) is 27.5 Å². The van der Waals surface area contributed by atoms with Gasteiger partial charge in [-0.05, 0) is 31.2 Å². The molecule has 0 aromatic heterocycles. The van der Waals surface area contributed by atoms with E-state index in [2.05, 4.69) is 0 Å². The molecule has 0 radical (unpaired) electrons. The molecule has 0 unspecified atom stereocenters. The summed E-state index contributed by atoms with van der Waals surface area (Å²) in [5.41, 5.74) is 0. The number of hydrogen-bond acceptors (Lipinski definition) is 4. The van der Waals surface area contributed by atoms with Crippen LogP contribution in [0.4, 0.5) is 4.39 Å². The Kier molecular flexibility index (Phi) is 5.25. The summed E-state index contributed by atoms with van der Waals surface area (Å²) in [6.45, 7) is 1.56. The summed E-state index contributed by atoms with van der Waals surface area (Å²) in [6.07, 6.45) is 1.81. The topological polar surface area (TPSA) is 68.3 Å². The van der Waals surface area contributed by atoms with Gasteiger partial charge < -0.3 is 0 Å². The van der Waals surface area contributed by atoms with Crippen molar-refractivity contribution >= 4 is 19.7 Å². The Morgan fingerprint density at radius 1 is 0.833 bits per heavy atom. The van der Waals surface area contributed by atoms with Gasteiger partial charge >= 0.3 is 4.33 Å². The van der Waals surface area contributed by atoms with E-state index in [4.69, 9.17) is 0 Å². The van der Waals surface area contributed by atoms with Crippen LogP contribution in [0.3, 0.4) is 0 Å². The normalized spacial score (nSPS) is 13.2. The van der Waals surface area contributed by atoms with Crippen molar-refractivity contribution in [2.24, 2.45) is 0 Å². The van der Waals surface area contributed by atoms with Crippen LogP contribution in [0.25, 0.3) is 0 Å². The standard InChI is InChI=1S/C17H17FO4S2/c1-2-3-14-17(18,23(19,20)15-10-6-4-7-11-15)24(21,22)16-12-8-5-9-13-16/h2-13H,14H2,1H3/b3-2+. The number of benzene rings is 2. The minimum atomic E-state index is -4.78.